The molecule has 1 aromatic carbocycles. The van der Waals surface area contributed by atoms with Crippen molar-refractivity contribution in [2.75, 3.05) is 13.1 Å². The van der Waals surface area contributed by atoms with Gasteiger partial charge in [-0.05, 0) is 37.6 Å². The molecule has 0 atom stereocenters. The van der Waals surface area contributed by atoms with Gasteiger partial charge in [-0.15, -0.1) is 0 Å². The molecule has 0 aromatic heterocycles. The Morgan fingerprint density at radius 3 is 2.69 bits per heavy atom. The van der Waals surface area contributed by atoms with Crippen LogP contribution in [0.4, 0.5) is 0 Å². The highest BCUT2D eigenvalue weighted by molar-refractivity contribution is 5.37. The van der Waals surface area contributed by atoms with Crippen molar-refractivity contribution in [1.29, 1.82) is 5.26 Å². The maximum absolute atomic E-state index is 9.00. The zero-order valence-corrected chi connectivity index (χ0v) is 9.39. The average Bonchev–Trinajstić information content (AvgIpc) is 2.33. The highest BCUT2D eigenvalue weighted by Crippen LogP contribution is 2.15. The first-order chi connectivity index (χ1) is 7.79. The second-order valence-corrected chi connectivity index (χ2v) is 4.38. The standard InChI is InChI=1S/C13H17N3/c14-9-11-3-1-2-4-12(11)10-16-7-5-13(15)6-8-16/h1-4,13H,5-8,10,15H2. The van der Waals surface area contributed by atoms with Crippen LogP contribution in [0, 0.1) is 11.3 Å². The van der Waals surface area contributed by atoms with Gasteiger partial charge in [-0.2, -0.15) is 5.26 Å². The van der Waals surface area contributed by atoms with E-state index in [4.69, 9.17) is 11.0 Å². The lowest BCUT2D eigenvalue weighted by Gasteiger charge is -2.30. The fourth-order valence-corrected chi connectivity index (χ4v) is 2.12. The normalized spacial score (nSPS) is 18.2. The average molecular weight is 215 g/mol. The van der Waals surface area contributed by atoms with E-state index in [0.29, 0.717) is 6.04 Å². The minimum Gasteiger partial charge on any atom is -0.328 e. The molecule has 0 unspecified atom stereocenters. The SMILES string of the molecule is N#Cc1ccccc1CN1CCC(N)CC1. The smallest absolute Gasteiger partial charge is 0.0995 e. The fourth-order valence-electron chi connectivity index (χ4n) is 2.12. The van der Waals surface area contributed by atoms with Crippen LogP contribution in [0.1, 0.15) is 24.0 Å². The molecule has 0 bridgehead atoms. The largest absolute Gasteiger partial charge is 0.328 e. The molecule has 16 heavy (non-hydrogen) atoms. The molecule has 1 aliphatic rings. The van der Waals surface area contributed by atoms with E-state index in [1.807, 2.05) is 24.3 Å². The molecule has 0 aliphatic carbocycles. The zero-order chi connectivity index (χ0) is 11.4. The van der Waals surface area contributed by atoms with E-state index in [9.17, 15) is 0 Å². The molecule has 2 rings (SSSR count). The van der Waals surface area contributed by atoms with Gasteiger partial charge in [0, 0.05) is 12.6 Å². The van der Waals surface area contributed by atoms with Crippen LogP contribution in [-0.2, 0) is 6.54 Å². The molecular weight excluding hydrogens is 198 g/mol. The van der Waals surface area contributed by atoms with Crippen molar-refractivity contribution < 1.29 is 0 Å². The van der Waals surface area contributed by atoms with Crippen molar-refractivity contribution in [3.05, 3.63) is 35.4 Å². The zero-order valence-electron chi connectivity index (χ0n) is 9.39. The van der Waals surface area contributed by atoms with Gasteiger partial charge in [-0.25, -0.2) is 0 Å². The highest BCUT2D eigenvalue weighted by atomic mass is 15.1. The number of nitriles is 1. The van der Waals surface area contributed by atoms with E-state index in [2.05, 4.69) is 11.0 Å². The summed E-state index contributed by atoms with van der Waals surface area (Å²) < 4.78 is 0. The first-order valence-electron chi connectivity index (χ1n) is 5.75. The second kappa shape index (κ2) is 5.11. The lowest BCUT2D eigenvalue weighted by atomic mass is 10.0. The minimum atomic E-state index is 0.363. The number of hydrogen-bond donors (Lipinski definition) is 1. The van der Waals surface area contributed by atoms with Crippen LogP contribution < -0.4 is 5.73 Å². The van der Waals surface area contributed by atoms with Crippen LogP contribution in [0.3, 0.4) is 0 Å². The second-order valence-electron chi connectivity index (χ2n) is 4.38. The number of nitrogens with zero attached hydrogens (tertiary/aromatic N) is 2. The summed E-state index contributed by atoms with van der Waals surface area (Å²) in [5.41, 5.74) is 7.78. The van der Waals surface area contributed by atoms with Crippen LogP contribution in [0.25, 0.3) is 0 Å². The molecular formula is C13H17N3. The molecule has 1 saturated heterocycles. The quantitative estimate of drug-likeness (QED) is 0.813. The van der Waals surface area contributed by atoms with Gasteiger partial charge in [-0.1, -0.05) is 18.2 Å². The Hall–Kier alpha value is -1.37. The Morgan fingerprint density at radius 2 is 2.00 bits per heavy atom. The number of rotatable bonds is 2. The number of hydrogen-bond acceptors (Lipinski definition) is 3. The van der Waals surface area contributed by atoms with E-state index in [1.165, 1.54) is 0 Å². The molecule has 2 N–H and O–H groups in total. The molecule has 0 amide bonds. The maximum atomic E-state index is 9.00. The van der Waals surface area contributed by atoms with Crippen molar-refractivity contribution in [3.63, 3.8) is 0 Å². The number of nitrogens with two attached hydrogens (primary N) is 1. The van der Waals surface area contributed by atoms with E-state index < -0.39 is 0 Å². The molecule has 3 heteroatoms. The third-order valence-corrected chi connectivity index (χ3v) is 3.16. The maximum Gasteiger partial charge on any atom is 0.0995 e. The fraction of sp³-hybridized carbons (Fsp3) is 0.462. The Bertz CT molecular complexity index is 386. The van der Waals surface area contributed by atoms with Crippen molar-refractivity contribution in [2.45, 2.75) is 25.4 Å². The van der Waals surface area contributed by atoms with Crippen LogP contribution in [0.5, 0.6) is 0 Å². The summed E-state index contributed by atoms with van der Waals surface area (Å²) >= 11 is 0. The third-order valence-electron chi connectivity index (χ3n) is 3.16. The summed E-state index contributed by atoms with van der Waals surface area (Å²) in [6, 6.07) is 10.4. The van der Waals surface area contributed by atoms with E-state index in [1.54, 1.807) is 0 Å². The molecule has 1 aromatic rings. The van der Waals surface area contributed by atoms with Gasteiger partial charge in [0.25, 0.3) is 0 Å². The van der Waals surface area contributed by atoms with Gasteiger partial charge in [0.15, 0.2) is 0 Å². The van der Waals surface area contributed by atoms with Crippen molar-refractivity contribution in [1.82, 2.24) is 4.90 Å². The molecule has 0 radical (unpaired) electrons. The summed E-state index contributed by atoms with van der Waals surface area (Å²) in [5, 5.41) is 9.00. The van der Waals surface area contributed by atoms with E-state index >= 15 is 0 Å². The Balaban J connectivity index is 2.01. The molecule has 0 saturated carbocycles. The summed E-state index contributed by atoms with van der Waals surface area (Å²) in [6.45, 7) is 2.96. The number of benzene rings is 1. The molecule has 0 spiro atoms. The van der Waals surface area contributed by atoms with Crippen LogP contribution >= 0.6 is 0 Å². The third kappa shape index (κ3) is 2.60. The van der Waals surface area contributed by atoms with Gasteiger partial charge >= 0.3 is 0 Å². The van der Waals surface area contributed by atoms with Gasteiger partial charge in [0.2, 0.25) is 0 Å². The molecule has 84 valence electrons. The van der Waals surface area contributed by atoms with Crippen LogP contribution in [0.15, 0.2) is 24.3 Å². The van der Waals surface area contributed by atoms with Crippen LogP contribution in [-0.4, -0.2) is 24.0 Å². The molecule has 1 fully saturated rings. The lowest BCUT2D eigenvalue weighted by Crippen LogP contribution is -2.39. The number of likely N-dealkylation sites (tertiary alicyclic amines) is 1. The van der Waals surface area contributed by atoms with Gasteiger partial charge in [0.1, 0.15) is 0 Å². The minimum absolute atomic E-state index is 0.363. The first kappa shape index (κ1) is 11.1. The van der Waals surface area contributed by atoms with Crippen molar-refractivity contribution >= 4 is 0 Å². The van der Waals surface area contributed by atoms with Gasteiger partial charge in [0.05, 0.1) is 11.6 Å². The molecule has 3 nitrogen and oxygen atoms in total. The van der Waals surface area contributed by atoms with E-state index in [-0.39, 0.29) is 0 Å². The first-order valence-corrected chi connectivity index (χ1v) is 5.75. The Morgan fingerprint density at radius 1 is 1.31 bits per heavy atom. The predicted octanol–water partition coefficient (Wildman–Crippen LogP) is 1.48. The van der Waals surface area contributed by atoms with Gasteiger partial charge in [-0.3, -0.25) is 4.90 Å². The molecule has 1 aliphatic heterocycles. The summed E-state index contributed by atoms with van der Waals surface area (Å²) in [7, 11) is 0. The lowest BCUT2D eigenvalue weighted by molar-refractivity contribution is 0.205. The highest BCUT2D eigenvalue weighted by Gasteiger charge is 2.16. The summed E-state index contributed by atoms with van der Waals surface area (Å²) in [6.07, 6.45) is 2.13. The number of piperidine rings is 1. The Kier molecular flexibility index (Phi) is 3.55. The molecule has 1 heterocycles. The predicted molar refractivity (Wildman–Crippen MR) is 63.6 cm³/mol. The topological polar surface area (TPSA) is 53.0 Å². The Labute approximate surface area is 96.5 Å². The monoisotopic (exact) mass is 215 g/mol. The summed E-state index contributed by atoms with van der Waals surface area (Å²) in [4.78, 5) is 2.37. The van der Waals surface area contributed by atoms with Gasteiger partial charge < -0.3 is 5.73 Å². The van der Waals surface area contributed by atoms with E-state index in [0.717, 1.165) is 43.6 Å². The van der Waals surface area contributed by atoms with Crippen LogP contribution in [0.2, 0.25) is 0 Å². The van der Waals surface area contributed by atoms with Crippen molar-refractivity contribution in [3.8, 4) is 6.07 Å². The van der Waals surface area contributed by atoms with Crippen molar-refractivity contribution in [2.24, 2.45) is 5.73 Å². The summed E-state index contributed by atoms with van der Waals surface area (Å²) in [5.74, 6) is 0.